The number of amides is 1. The van der Waals surface area contributed by atoms with E-state index in [1.165, 1.54) is 14.0 Å². The van der Waals surface area contributed by atoms with Gasteiger partial charge in [-0.25, -0.2) is 4.79 Å². The van der Waals surface area contributed by atoms with Crippen LogP contribution in [0.4, 0.5) is 4.79 Å². The molecule has 3 rings (SSSR count). The molecule has 3 aliphatic heterocycles. The molecule has 0 aromatic heterocycles. The van der Waals surface area contributed by atoms with Gasteiger partial charge < -0.3 is 39.0 Å². The second-order valence-electron chi connectivity index (χ2n) is 13.4. The van der Waals surface area contributed by atoms with E-state index in [4.69, 9.17) is 23.7 Å². The number of carbonyl (C=O) groups excluding carboxylic acids is 4. The number of Topliss-reactive ketones (excluding diaryl/α,β-unsaturated/α-hetero) is 2. The zero-order chi connectivity index (χ0) is 32.6. The molecule has 0 bridgehead atoms. The summed E-state index contributed by atoms with van der Waals surface area (Å²) in [6, 6.07) is -1.04. The molecule has 0 aromatic carbocycles. The Bertz CT molecular complexity index is 1050. The van der Waals surface area contributed by atoms with Gasteiger partial charge in [0.05, 0.1) is 23.9 Å². The van der Waals surface area contributed by atoms with E-state index in [-0.39, 0.29) is 30.8 Å². The molecule has 12 heteroatoms. The van der Waals surface area contributed by atoms with Crippen molar-refractivity contribution in [2.45, 2.75) is 129 Å². The Hall–Kier alpha value is -2.12. The maximum atomic E-state index is 13.9. The highest BCUT2D eigenvalue weighted by atomic mass is 16.7. The van der Waals surface area contributed by atoms with Crippen LogP contribution in [0.5, 0.6) is 0 Å². The van der Waals surface area contributed by atoms with Crippen LogP contribution in [0.15, 0.2) is 0 Å². The lowest BCUT2D eigenvalue weighted by Gasteiger charge is -2.47. The first-order valence-electron chi connectivity index (χ1n) is 15.4. The maximum Gasteiger partial charge on any atom is 0.408 e. The van der Waals surface area contributed by atoms with Crippen molar-refractivity contribution < 1.29 is 48.0 Å². The Morgan fingerprint density at radius 1 is 1.02 bits per heavy atom. The molecule has 13 atom stereocenters. The van der Waals surface area contributed by atoms with Crippen molar-refractivity contribution in [1.29, 1.82) is 0 Å². The molecule has 3 heterocycles. The van der Waals surface area contributed by atoms with Gasteiger partial charge in [-0.05, 0) is 61.1 Å². The number of likely N-dealkylation sites (N-methyl/N-ethyl adjacent to an activating group) is 1. The highest BCUT2D eigenvalue weighted by molar-refractivity contribution is 6.00. The number of cyclic esters (lactones) is 1. The van der Waals surface area contributed by atoms with E-state index in [0.29, 0.717) is 6.42 Å². The molecule has 0 aliphatic carbocycles. The summed E-state index contributed by atoms with van der Waals surface area (Å²) in [7, 11) is 5.21. The third-order valence-electron chi connectivity index (χ3n) is 9.93. The fourth-order valence-corrected chi connectivity index (χ4v) is 7.19. The standard InChI is InChI=1S/C31H52N2O10/c1-12-21-31(8)25(32-29(38)43-31)17(4)22(34)15(2)14-30(7,39-11)26(18(5)23(35)19(6)27(37)41-21)42-28-24(36)20(33(9)10)13-16(3)40-28/h15-21,24-26,28,36H,12-14H2,1-11H3,(H,32,38)/t15-,16-,17-,18+,19-,20+,21+,24-,25-,26-,28+,30+,31-/m1/s1. The number of fused-ring (bicyclic) bond motifs is 1. The minimum absolute atomic E-state index is 0.151. The number of carbonyl (C=O) groups is 4. The van der Waals surface area contributed by atoms with Crippen molar-refractivity contribution in [3.8, 4) is 0 Å². The van der Waals surface area contributed by atoms with E-state index in [1.54, 1.807) is 41.5 Å². The van der Waals surface area contributed by atoms with Crippen LogP contribution in [0.1, 0.15) is 74.7 Å². The van der Waals surface area contributed by atoms with Crippen molar-refractivity contribution in [3.63, 3.8) is 0 Å². The number of nitrogens with one attached hydrogen (secondary N) is 1. The zero-order valence-electron chi connectivity index (χ0n) is 27.5. The molecule has 0 unspecified atom stereocenters. The first kappa shape index (κ1) is 35.4. The number of nitrogens with zero attached hydrogens (tertiary/aromatic N) is 1. The van der Waals surface area contributed by atoms with Crippen LogP contribution in [-0.2, 0) is 38.1 Å². The molecule has 12 nitrogen and oxygen atoms in total. The van der Waals surface area contributed by atoms with Crippen molar-refractivity contribution in [3.05, 3.63) is 0 Å². The second-order valence-corrected chi connectivity index (χ2v) is 13.4. The van der Waals surface area contributed by atoms with Crippen LogP contribution in [0.25, 0.3) is 0 Å². The minimum Gasteiger partial charge on any atom is -0.458 e. The number of hydrogen-bond acceptors (Lipinski definition) is 11. The molecule has 0 spiro atoms. The van der Waals surface area contributed by atoms with Crippen molar-refractivity contribution in [2.75, 3.05) is 21.2 Å². The summed E-state index contributed by atoms with van der Waals surface area (Å²) in [4.78, 5) is 55.7. The van der Waals surface area contributed by atoms with Gasteiger partial charge in [0.25, 0.3) is 0 Å². The Morgan fingerprint density at radius 3 is 2.21 bits per heavy atom. The third-order valence-corrected chi connectivity index (χ3v) is 9.93. The average molecular weight is 613 g/mol. The van der Waals surface area contributed by atoms with Crippen LogP contribution in [-0.4, -0.2) is 109 Å². The predicted molar refractivity (Wildman–Crippen MR) is 156 cm³/mol. The summed E-state index contributed by atoms with van der Waals surface area (Å²) in [5.74, 6) is -4.80. The highest BCUT2D eigenvalue weighted by Gasteiger charge is 2.57. The lowest BCUT2D eigenvalue weighted by atomic mass is 9.73. The minimum atomic E-state index is -1.33. The van der Waals surface area contributed by atoms with Gasteiger partial charge in [-0.1, -0.05) is 27.7 Å². The summed E-state index contributed by atoms with van der Waals surface area (Å²) >= 11 is 0. The summed E-state index contributed by atoms with van der Waals surface area (Å²) in [6.07, 6.45) is -3.96. The first-order chi connectivity index (χ1) is 19.9. The molecule has 1 amide bonds. The van der Waals surface area contributed by atoms with Crippen LogP contribution in [0, 0.1) is 23.7 Å². The van der Waals surface area contributed by atoms with Gasteiger partial charge in [-0.3, -0.25) is 14.4 Å². The summed E-state index contributed by atoms with van der Waals surface area (Å²) in [5, 5.41) is 14.0. The lowest BCUT2D eigenvalue weighted by Crippen LogP contribution is -2.60. The molecule has 0 aromatic rings. The van der Waals surface area contributed by atoms with Gasteiger partial charge in [0, 0.05) is 30.9 Å². The number of aliphatic hydroxyl groups is 1. The van der Waals surface area contributed by atoms with Gasteiger partial charge in [-0.15, -0.1) is 0 Å². The van der Waals surface area contributed by atoms with E-state index in [2.05, 4.69) is 5.32 Å². The quantitative estimate of drug-likeness (QED) is 0.348. The van der Waals surface area contributed by atoms with Crippen molar-refractivity contribution >= 4 is 23.6 Å². The zero-order valence-corrected chi connectivity index (χ0v) is 27.5. The number of aliphatic hydroxyl groups excluding tert-OH is 1. The summed E-state index contributed by atoms with van der Waals surface area (Å²) in [5.41, 5.74) is -2.56. The van der Waals surface area contributed by atoms with Gasteiger partial charge in [0.1, 0.15) is 23.9 Å². The molecule has 2 N–H and O–H groups in total. The van der Waals surface area contributed by atoms with Gasteiger partial charge >= 0.3 is 12.1 Å². The van der Waals surface area contributed by atoms with E-state index in [9.17, 15) is 24.3 Å². The van der Waals surface area contributed by atoms with Gasteiger partial charge in [0.15, 0.2) is 17.7 Å². The van der Waals surface area contributed by atoms with E-state index in [1.807, 2.05) is 25.9 Å². The smallest absolute Gasteiger partial charge is 0.408 e. The fourth-order valence-electron chi connectivity index (χ4n) is 7.19. The number of ether oxygens (including phenoxy) is 5. The monoisotopic (exact) mass is 612 g/mol. The SMILES string of the molecule is CC[C@@H]1OC(=O)[C@H](C)C(=O)[C@H](C)[C@@H](O[C@@H]2O[C@H](C)C[C@H](N(C)C)[C@H]2O)[C@@](C)(OC)C[C@@H](C)C(=O)[C@@H](C)[C@H]2NC(=O)O[C@]12C. The molecule has 0 saturated carbocycles. The molecule has 3 fully saturated rings. The number of ketones is 2. The summed E-state index contributed by atoms with van der Waals surface area (Å²) in [6.45, 7) is 13.7. The molecule has 43 heavy (non-hydrogen) atoms. The lowest BCUT2D eigenvalue weighted by molar-refractivity contribution is -0.295. The van der Waals surface area contributed by atoms with Crippen molar-refractivity contribution in [1.82, 2.24) is 10.2 Å². The molecular formula is C31H52N2O10. The normalized spacial score (nSPS) is 45.2. The van der Waals surface area contributed by atoms with Crippen LogP contribution < -0.4 is 5.32 Å². The predicted octanol–water partition coefficient (Wildman–Crippen LogP) is 2.48. The third kappa shape index (κ3) is 6.93. The Morgan fingerprint density at radius 2 is 1.65 bits per heavy atom. The largest absolute Gasteiger partial charge is 0.458 e. The Balaban J connectivity index is 2.09. The van der Waals surface area contributed by atoms with E-state index in [0.717, 1.165) is 0 Å². The van der Waals surface area contributed by atoms with Gasteiger partial charge in [-0.2, -0.15) is 0 Å². The topological polar surface area (TPSA) is 150 Å². The average Bonchev–Trinajstić information content (AvgIpc) is 3.27. The van der Waals surface area contributed by atoms with Crippen LogP contribution in [0.3, 0.4) is 0 Å². The maximum absolute atomic E-state index is 13.9. The second kappa shape index (κ2) is 13.5. The summed E-state index contributed by atoms with van der Waals surface area (Å²) < 4.78 is 30.1. The van der Waals surface area contributed by atoms with Gasteiger partial charge in [0.2, 0.25) is 0 Å². The Labute approximate surface area is 255 Å². The number of hydrogen-bond donors (Lipinski definition) is 2. The molecular weight excluding hydrogens is 560 g/mol. The molecule has 3 aliphatic rings. The molecule has 0 radical (unpaired) electrons. The van der Waals surface area contributed by atoms with Crippen LogP contribution >= 0.6 is 0 Å². The fraction of sp³-hybridized carbons (Fsp3) is 0.871. The number of methoxy groups -OCH3 is 1. The number of alkyl carbamates (subject to hydrolysis) is 1. The van der Waals surface area contributed by atoms with E-state index < -0.39 is 83.4 Å². The van der Waals surface area contributed by atoms with Crippen LogP contribution in [0.2, 0.25) is 0 Å². The first-order valence-corrected chi connectivity index (χ1v) is 15.4. The highest BCUT2D eigenvalue weighted by Crippen LogP contribution is 2.40. The molecule has 3 saturated heterocycles. The van der Waals surface area contributed by atoms with E-state index >= 15 is 0 Å². The number of rotatable bonds is 5. The number of esters is 1. The Kier molecular flexibility index (Phi) is 11.1. The van der Waals surface area contributed by atoms with Crippen molar-refractivity contribution in [2.24, 2.45) is 23.7 Å². The molecule has 246 valence electrons.